The minimum absolute atomic E-state index is 0.0169. The van der Waals surface area contributed by atoms with Crippen LogP contribution in [0.2, 0.25) is 0 Å². The summed E-state index contributed by atoms with van der Waals surface area (Å²) in [6, 6.07) is 18.9. The lowest BCUT2D eigenvalue weighted by Crippen LogP contribution is -2.09. The second kappa shape index (κ2) is 19.9. The molecule has 0 aliphatic heterocycles. The van der Waals surface area contributed by atoms with Crippen molar-refractivity contribution in [2.45, 2.75) is 32.6 Å². The Labute approximate surface area is 268 Å². The lowest BCUT2D eigenvalue weighted by molar-refractivity contribution is -0.267. The molecule has 11 nitrogen and oxygen atoms in total. The molecule has 0 atom stereocenters. The minimum Gasteiger partial charge on any atom is -0.494 e. The van der Waals surface area contributed by atoms with Crippen LogP contribution in [0.25, 0.3) is 0 Å². The fourth-order valence-electron chi connectivity index (χ4n) is 3.71. The molecule has 0 unspecified atom stereocenters. The Morgan fingerprint density at radius 2 is 1.17 bits per heavy atom. The van der Waals surface area contributed by atoms with Crippen molar-refractivity contribution < 1.29 is 52.6 Å². The minimum atomic E-state index is -0.639. The number of unbranched alkanes of at least 4 members (excludes halogenated alkanes) is 2. The molecule has 0 aliphatic carbocycles. The smallest absolute Gasteiger partial charge is 0.365 e. The van der Waals surface area contributed by atoms with Crippen molar-refractivity contribution in [3.63, 3.8) is 0 Å². The number of hydrogen-bond acceptors (Lipinski definition) is 11. The van der Waals surface area contributed by atoms with Crippen molar-refractivity contribution >= 4 is 17.9 Å². The van der Waals surface area contributed by atoms with E-state index in [9.17, 15) is 14.4 Å². The summed E-state index contributed by atoms with van der Waals surface area (Å²) in [6.07, 6.45) is 4.93. The van der Waals surface area contributed by atoms with Crippen molar-refractivity contribution in [1.29, 1.82) is 0 Å². The Balaban J connectivity index is 1.33. The number of aryl methyl sites for hydroxylation is 1. The van der Waals surface area contributed by atoms with Gasteiger partial charge in [-0.05, 0) is 105 Å². The van der Waals surface area contributed by atoms with Gasteiger partial charge in [-0.1, -0.05) is 13.2 Å². The molecule has 0 aliphatic rings. The van der Waals surface area contributed by atoms with Gasteiger partial charge in [0.15, 0.2) is 0 Å². The Hall–Kier alpha value is -5.29. The molecule has 0 heterocycles. The summed E-state index contributed by atoms with van der Waals surface area (Å²) in [6.45, 7) is 9.97. The van der Waals surface area contributed by atoms with Gasteiger partial charge in [-0.2, -0.15) is 4.89 Å². The molecular weight excluding hydrogens is 596 g/mol. The molecule has 3 aromatic carbocycles. The van der Waals surface area contributed by atoms with Gasteiger partial charge in [0.25, 0.3) is 0 Å². The SMILES string of the molecule is C=CC(=O)OCCCCOc1ccc(OCOc2ccc(OC(=O)c3ccc(OCCCCOOC(=O)C=C)cc3)cc2C)cc1. The summed E-state index contributed by atoms with van der Waals surface area (Å²) >= 11 is 0. The summed E-state index contributed by atoms with van der Waals surface area (Å²) in [4.78, 5) is 43.7. The van der Waals surface area contributed by atoms with Crippen LogP contribution in [0.4, 0.5) is 0 Å². The van der Waals surface area contributed by atoms with Crippen LogP contribution in [0.1, 0.15) is 41.6 Å². The molecule has 3 rings (SSSR count). The second-order valence-electron chi connectivity index (χ2n) is 9.63. The topological polar surface area (TPSA) is 125 Å². The van der Waals surface area contributed by atoms with Gasteiger partial charge in [-0.25, -0.2) is 14.4 Å². The van der Waals surface area contributed by atoms with Crippen molar-refractivity contribution in [2.75, 3.05) is 33.2 Å². The zero-order valence-corrected chi connectivity index (χ0v) is 25.8. The van der Waals surface area contributed by atoms with Crippen molar-refractivity contribution in [2.24, 2.45) is 0 Å². The van der Waals surface area contributed by atoms with E-state index < -0.39 is 17.9 Å². The fourth-order valence-corrected chi connectivity index (χ4v) is 3.71. The van der Waals surface area contributed by atoms with Gasteiger partial charge >= 0.3 is 17.9 Å². The van der Waals surface area contributed by atoms with Crippen LogP contribution in [0.15, 0.2) is 92.0 Å². The van der Waals surface area contributed by atoms with E-state index in [-0.39, 0.29) is 13.4 Å². The Kier molecular flexibility index (Phi) is 15.2. The molecule has 0 radical (unpaired) electrons. The van der Waals surface area contributed by atoms with E-state index in [1.54, 1.807) is 66.7 Å². The molecular formula is C35H38O11. The summed E-state index contributed by atoms with van der Waals surface area (Å²) in [5, 5.41) is 0. The molecule has 0 bridgehead atoms. The Morgan fingerprint density at radius 3 is 1.78 bits per heavy atom. The molecule has 11 heteroatoms. The maximum Gasteiger partial charge on any atom is 0.365 e. The van der Waals surface area contributed by atoms with Crippen molar-refractivity contribution in [3.8, 4) is 28.7 Å². The molecule has 0 spiro atoms. The van der Waals surface area contributed by atoms with Crippen LogP contribution in [0.5, 0.6) is 28.7 Å². The van der Waals surface area contributed by atoms with Crippen LogP contribution < -0.4 is 23.7 Å². The van der Waals surface area contributed by atoms with E-state index in [0.29, 0.717) is 73.4 Å². The average molecular weight is 635 g/mol. The molecule has 0 aromatic heterocycles. The lowest BCUT2D eigenvalue weighted by Gasteiger charge is -2.12. The summed E-state index contributed by atoms with van der Waals surface area (Å²) in [5.41, 5.74) is 1.14. The third-order valence-electron chi connectivity index (χ3n) is 6.13. The van der Waals surface area contributed by atoms with Crippen molar-refractivity contribution in [3.05, 3.63) is 103 Å². The van der Waals surface area contributed by atoms with Gasteiger partial charge in [-0.3, -0.25) is 4.89 Å². The van der Waals surface area contributed by atoms with Gasteiger partial charge < -0.3 is 28.4 Å². The van der Waals surface area contributed by atoms with Gasteiger partial charge in [0.2, 0.25) is 6.79 Å². The van der Waals surface area contributed by atoms with E-state index >= 15 is 0 Å². The lowest BCUT2D eigenvalue weighted by atomic mass is 10.2. The summed E-state index contributed by atoms with van der Waals surface area (Å²) in [5.74, 6) is 1.32. The van der Waals surface area contributed by atoms with Crippen LogP contribution in [-0.4, -0.2) is 51.1 Å². The molecule has 46 heavy (non-hydrogen) atoms. The average Bonchev–Trinajstić information content (AvgIpc) is 3.07. The first kappa shape index (κ1) is 35.2. The normalized spacial score (nSPS) is 10.3. The quantitative estimate of drug-likeness (QED) is 0.0248. The second-order valence-corrected chi connectivity index (χ2v) is 9.63. The number of ether oxygens (including phenoxy) is 6. The highest BCUT2D eigenvalue weighted by Crippen LogP contribution is 2.25. The Bertz CT molecular complexity index is 1420. The molecule has 0 amide bonds. The first-order valence-electron chi connectivity index (χ1n) is 14.7. The van der Waals surface area contributed by atoms with Crippen LogP contribution in [0, 0.1) is 6.92 Å². The number of rotatable bonds is 21. The predicted molar refractivity (Wildman–Crippen MR) is 168 cm³/mol. The molecule has 0 N–H and O–H groups in total. The van der Waals surface area contributed by atoms with E-state index in [1.165, 1.54) is 0 Å². The van der Waals surface area contributed by atoms with Gasteiger partial charge in [0.05, 0.1) is 32.0 Å². The number of carbonyl (C=O) groups excluding carboxylic acids is 3. The predicted octanol–water partition coefficient (Wildman–Crippen LogP) is 6.34. The standard InChI is InChI=1S/C35H38O11/c1-4-33(36)41-22-7-6-20-40-29-14-16-30(17-15-29)42-25-43-32-19-18-31(24-26(32)3)45-35(38)27-10-12-28(13-11-27)39-21-8-9-23-44-46-34(37)5-2/h4-5,10-19,24H,1-2,6-9,20-23,25H2,3H3. The maximum absolute atomic E-state index is 12.6. The largest absolute Gasteiger partial charge is 0.494 e. The van der Waals surface area contributed by atoms with Gasteiger partial charge in [0.1, 0.15) is 28.7 Å². The summed E-state index contributed by atoms with van der Waals surface area (Å²) in [7, 11) is 0. The number of esters is 2. The third kappa shape index (κ3) is 13.1. The molecule has 244 valence electrons. The zero-order valence-electron chi connectivity index (χ0n) is 25.8. The first-order valence-corrected chi connectivity index (χ1v) is 14.7. The van der Waals surface area contributed by atoms with E-state index in [2.05, 4.69) is 18.0 Å². The molecule has 0 saturated heterocycles. The first-order chi connectivity index (χ1) is 22.4. The number of hydrogen-bond donors (Lipinski definition) is 0. The fraction of sp³-hybridized carbons (Fsp3) is 0.286. The van der Waals surface area contributed by atoms with E-state index in [0.717, 1.165) is 24.1 Å². The van der Waals surface area contributed by atoms with E-state index in [1.807, 2.05) is 6.92 Å². The molecule has 3 aromatic rings. The van der Waals surface area contributed by atoms with Crippen LogP contribution >= 0.6 is 0 Å². The maximum atomic E-state index is 12.6. The van der Waals surface area contributed by atoms with Gasteiger partial charge in [-0.15, -0.1) is 0 Å². The molecule has 0 fully saturated rings. The van der Waals surface area contributed by atoms with E-state index in [4.69, 9.17) is 33.3 Å². The zero-order chi connectivity index (χ0) is 33.0. The van der Waals surface area contributed by atoms with Gasteiger partial charge in [0, 0.05) is 12.2 Å². The highest BCUT2D eigenvalue weighted by atomic mass is 17.2. The Morgan fingerprint density at radius 1 is 0.630 bits per heavy atom. The molecule has 0 saturated carbocycles. The van der Waals surface area contributed by atoms with Crippen LogP contribution in [-0.2, 0) is 24.1 Å². The monoisotopic (exact) mass is 634 g/mol. The number of benzene rings is 3. The van der Waals surface area contributed by atoms with Crippen LogP contribution in [0.3, 0.4) is 0 Å². The third-order valence-corrected chi connectivity index (χ3v) is 6.13. The van der Waals surface area contributed by atoms with Crippen molar-refractivity contribution in [1.82, 2.24) is 0 Å². The highest BCUT2D eigenvalue weighted by Gasteiger charge is 2.11. The summed E-state index contributed by atoms with van der Waals surface area (Å²) < 4.78 is 33.2. The number of carbonyl (C=O) groups is 3. The highest BCUT2D eigenvalue weighted by molar-refractivity contribution is 5.91.